The molecular formula is C4H12N8O8+4. The van der Waals surface area contributed by atoms with E-state index >= 15 is 0 Å². The Labute approximate surface area is 108 Å². The van der Waals surface area contributed by atoms with Crippen LogP contribution in [0.5, 0.6) is 0 Å². The lowest BCUT2D eigenvalue weighted by atomic mass is 10.7. The molecule has 1 rings (SSSR count). The van der Waals surface area contributed by atoms with Crippen LogP contribution in [-0.4, -0.2) is 87.7 Å². The van der Waals surface area contributed by atoms with E-state index in [2.05, 4.69) is 0 Å². The molecule has 0 spiro atoms. The average molecular weight is 300 g/mol. The molecule has 0 aromatic carbocycles. The van der Waals surface area contributed by atoms with Crippen molar-refractivity contribution in [2.45, 2.75) is 0 Å². The Bertz CT molecular complexity index is 352. The summed E-state index contributed by atoms with van der Waals surface area (Å²) in [5.74, 6) is 0. The molecule has 0 aromatic heterocycles. The highest BCUT2D eigenvalue weighted by molar-refractivity contribution is 4.47. The monoisotopic (exact) mass is 300 g/mol. The van der Waals surface area contributed by atoms with Gasteiger partial charge in [-0.15, -0.1) is 0 Å². The first-order valence-electron chi connectivity index (χ1n) is 4.86. The molecule has 1 fully saturated rings. The van der Waals surface area contributed by atoms with Gasteiger partial charge in [0.15, 0.2) is 0 Å². The molecular weight excluding hydrogens is 288 g/mol. The molecule has 20 heavy (non-hydrogen) atoms. The van der Waals surface area contributed by atoms with Gasteiger partial charge in [-0.3, -0.25) is 0 Å². The van der Waals surface area contributed by atoms with Crippen molar-refractivity contribution >= 4 is 0 Å². The Kier molecular flexibility index (Phi) is 4.18. The highest BCUT2D eigenvalue weighted by Gasteiger charge is 2.45. The molecule has 0 radical (unpaired) electrons. The topological polar surface area (TPSA) is 174 Å². The standard InChI is InChI=1S/C4H12N8O8/c13-9(14)5-1-6(10(15)16)3-8(12(19)20)4-7(2-5)11(17)18/h1-4H2,(H,13,14)(H,15,16)(H,17,18)(H,19,20)/q+4. The zero-order valence-corrected chi connectivity index (χ0v) is 9.83. The van der Waals surface area contributed by atoms with Crippen LogP contribution in [0.25, 0.3) is 0 Å². The minimum atomic E-state index is -0.769. The summed E-state index contributed by atoms with van der Waals surface area (Å²) < 4.78 is 0. The third-order valence-corrected chi connectivity index (χ3v) is 2.27. The zero-order chi connectivity index (χ0) is 15.4. The minimum absolute atomic E-state index is 0.409. The lowest BCUT2D eigenvalue weighted by molar-refractivity contribution is -0.980. The molecule has 4 N–H and O–H groups in total. The van der Waals surface area contributed by atoms with Gasteiger partial charge in [0.1, 0.15) is 19.6 Å². The maximum absolute atomic E-state index is 10.8. The van der Waals surface area contributed by atoms with Crippen molar-refractivity contribution in [2.24, 2.45) is 0 Å². The van der Waals surface area contributed by atoms with Gasteiger partial charge in [0, 0.05) is 0 Å². The number of rotatable bonds is 4. The van der Waals surface area contributed by atoms with Crippen LogP contribution in [0.1, 0.15) is 0 Å². The van der Waals surface area contributed by atoms with Crippen molar-refractivity contribution in [3.05, 3.63) is 19.6 Å². The van der Waals surface area contributed by atoms with Crippen LogP contribution < -0.4 is 0 Å². The maximum atomic E-state index is 10.8. The fourth-order valence-electron chi connectivity index (χ4n) is 1.37. The molecule has 1 aliphatic rings. The Morgan fingerprint density at radius 3 is 0.750 bits per heavy atom. The molecule has 16 heteroatoms. The van der Waals surface area contributed by atoms with Crippen molar-refractivity contribution < 1.29 is 41.0 Å². The van der Waals surface area contributed by atoms with Crippen LogP contribution in [0.15, 0.2) is 0 Å². The van der Waals surface area contributed by atoms with E-state index in [0.717, 1.165) is 0 Å². The van der Waals surface area contributed by atoms with Crippen LogP contribution >= 0.6 is 0 Å². The second-order valence-corrected chi connectivity index (χ2v) is 3.60. The van der Waals surface area contributed by atoms with Crippen molar-refractivity contribution in [3.8, 4) is 0 Å². The van der Waals surface area contributed by atoms with Gasteiger partial charge in [-0.2, -0.15) is 0 Å². The Morgan fingerprint density at radius 1 is 0.500 bits per heavy atom. The molecule has 0 amide bonds. The normalized spacial score (nSPS) is 16.4. The number of hydrazine groups is 4. The smallest absolute Gasteiger partial charge is 0.219 e. The summed E-state index contributed by atoms with van der Waals surface area (Å²) in [5.41, 5.74) is 0. The Morgan fingerprint density at radius 2 is 0.650 bits per heavy atom. The molecule has 0 saturated carbocycles. The lowest BCUT2D eigenvalue weighted by Gasteiger charge is -2.22. The predicted octanol–water partition coefficient (Wildman–Crippen LogP) is -2.63. The quantitative estimate of drug-likeness (QED) is 0.398. The first kappa shape index (κ1) is 14.9. The van der Waals surface area contributed by atoms with Gasteiger partial charge < -0.3 is 0 Å². The van der Waals surface area contributed by atoms with Crippen molar-refractivity contribution in [1.82, 2.24) is 20.0 Å². The summed E-state index contributed by atoms with van der Waals surface area (Å²) in [7, 11) is 0. The second-order valence-electron chi connectivity index (χ2n) is 3.60. The molecule has 0 atom stereocenters. The predicted molar refractivity (Wildman–Crippen MR) is 48.5 cm³/mol. The fraction of sp³-hybridized carbons (Fsp3) is 1.00. The number of hydrogen-bond donors (Lipinski definition) is 4. The Balaban J connectivity index is 3.02. The van der Waals surface area contributed by atoms with E-state index in [1.165, 1.54) is 0 Å². The van der Waals surface area contributed by atoms with E-state index in [0.29, 0.717) is 20.0 Å². The first-order valence-corrected chi connectivity index (χ1v) is 4.86. The molecule has 16 nitrogen and oxygen atoms in total. The molecule has 0 bridgehead atoms. The summed E-state index contributed by atoms with van der Waals surface area (Å²) in [6.07, 6.45) is 0. The summed E-state index contributed by atoms with van der Waals surface area (Å²) in [6.45, 7) is -3.08. The van der Waals surface area contributed by atoms with E-state index in [9.17, 15) is 19.6 Å². The third-order valence-electron chi connectivity index (χ3n) is 2.27. The minimum Gasteiger partial charge on any atom is -0.219 e. The highest BCUT2D eigenvalue weighted by atomic mass is 16.7. The van der Waals surface area contributed by atoms with Gasteiger partial charge >= 0.3 is 20.1 Å². The van der Waals surface area contributed by atoms with Crippen LogP contribution in [0, 0.1) is 19.6 Å². The highest BCUT2D eigenvalue weighted by Crippen LogP contribution is 2.06. The number of nitrogens with zero attached hydrogens (tertiary/aromatic N) is 8. The summed E-state index contributed by atoms with van der Waals surface area (Å²) >= 11 is 0. The van der Waals surface area contributed by atoms with Crippen LogP contribution in [0.3, 0.4) is 0 Å². The molecule has 112 valence electrons. The van der Waals surface area contributed by atoms with Gasteiger partial charge in [-0.1, -0.05) is 0 Å². The van der Waals surface area contributed by atoms with Crippen molar-refractivity contribution in [1.29, 1.82) is 0 Å². The summed E-state index contributed by atoms with van der Waals surface area (Å²) in [6, 6.07) is 0. The second kappa shape index (κ2) is 5.63. The van der Waals surface area contributed by atoms with Gasteiger partial charge in [0.05, 0.1) is 0 Å². The number of hydrogen-bond acceptors (Lipinski definition) is 4. The van der Waals surface area contributed by atoms with Crippen molar-refractivity contribution in [3.63, 3.8) is 0 Å². The maximum Gasteiger partial charge on any atom is 0.361 e. The van der Waals surface area contributed by atoms with E-state index in [1.54, 1.807) is 0 Å². The molecule has 0 aromatic rings. The molecule has 1 heterocycles. The van der Waals surface area contributed by atoms with E-state index in [-0.39, 0.29) is 0 Å². The third kappa shape index (κ3) is 3.40. The lowest BCUT2D eigenvalue weighted by Crippen LogP contribution is -2.60. The largest absolute Gasteiger partial charge is 0.361 e. The van der Waals surface area contributed by atoms with Gasteiger partial charge in [0.25, 0.3) is 0 Å². The molecule has 0 unspecified atom stereocenters. The van der Waals surface area contributed by atoms with Crippen LogP contribution in [0.4, 0.5) is 0 Å². The van der Waals surface area contributed by atoms with Gasteiger partial charge in [0.2, 0.25) is 26.7 Å². The average Bonchev–Trinajstić information content (AvgIpc) is 2.26. The van der Waals surface area contributed by atoms with Crippen LogP contribution in [0.2, 0.25) is 0 Å². The van der Waals surface area contributed by atoms with Crippen molar-refractivity contribution in [2.75, 3.05) is 26.7 Å². The first-order chi connectivity index (χ1) is 9.22. The summed E-state index contributed by atoms with van der Waals surface area (Å²) in [4.78, 5) is 43.3. The Hall–Kier alpha value is -3.20. The fourth-order valence-corrected chi connectivity index (χ4v) is 1.37. The van der Waals surface area contributed by atoms with E-state index < -0.39 is 46.8 Å². The van der Waals surface area contributed by atoms with Gasteiger partial charge in [-0.25, -0.2) is 20.8 Å². The molecule has 1 aliphatic heterocycles. The SMILES string of the molecule is O=[N+](O)N1CN([N+](=O)O)CN([N+](=O)O)CN([N+](=O)O)C1. The summed E-state index contributed by atoms with van der Waals surface area (Å²) in [5, 5.41) is 33.8. The van der Waals surface area contributed by atoms with E-state index in [4.69, 9.17) is 20.8 Å². The van der Waals surface area contributed by atoms with Crippen LogP contribution in [-0.2, 0) is 0 Å². The zero-order valence-electron chi connectivity index (χ0n) is 9.83. The molecule has 0 aliphatic carbocycles. The van der Waals surface area contributed by atoms with E-state index in [1.807, 2.05) is 0 Å². The van der Waals surface area contributed by atoms with Gasteiger partial charge in [-0.05, 0) is 20.0 Å². The molecule has 1 saturated heterocycles.